The molecule has 0 spiro atoms. The Kier molecular flexibility index (Phi) is 4.85. The minimum absolute atomic E-state index is 0.253. The maximum atomic E-state index is 11.6. The van der Waals surface area contributed by atoms with Crippen molar-refractivity contribution < 1.29 is 13.9 Å². The van der Waals surface area contributed by atoms with Gasteiger partial charge < -0.3 is 14.5 Å². The number of benzene rings is 1. The smallest absolute Gasteiger partial charge is 0.287 e. The Balaban J connectivity index is 1.86. The Labute approximate surface area is 125 Å². The normalized spacial score (nSPS) is 9.50. The van der Waals surface area contributed by atoms with Crippen LogP contribution in [0.2, 0.25) is 0 Å². The van der Waals surface area contributed by atoms with Gasteiger partial charge in [0.2, 0.25) is 0 Å². The lowest BCUT2D eigenvalue weighted by atomic mass is 10.2. The van der Waals surface area contributed by atoms with E-state index in [1.165, 1.54) is 0 Å². The summed E-state index contributed by atoms with van der Waals surface area (Å²) in [5.41, 5.74) is 0.862. The second-order valence-electron chi connectivity index (χ2n) is 3.82. The van der Waals surface area contributed by atoms with E-state index in [0.29, 0.717) is 4.67 Å². The zero-order chi connectivity index (χ0) is 14.4. The number of ether oxygens (including phenoxy) is 1. The van der Waals surface area contributed by atoms with Crippen LogP contribution in [-0.4, -0.2) is 19.6 Å². The van der Waals surface area contributed by atoms with Crippen LogP contribution in [-0.2, 0) is 0 Å². The summed E-state index contributed by atoms with van der Waals surface area (Å²) in [5.74, 6) is 6.56. The highest BCUT2D eigenvalue weighted by molar-refractivity contribution is 9.10. The molecule has 0 saturated carbocycles. The first-order valence-electron chi connectivity index (χ1n) is 5.85. The molecule has 20 heavy (non-hydrogen) atoms. The number of carbonyl (C=O) groups excluding carboxylic acids is 1. The highest BCUT2D eigenvalue weighted by atomic mass is 79.9. The number of halogens is 1. The molecule has 0 unspecified atom stereocenters. The van der Waals surface area contributed by atoms with Gasteiger partial charge in [-0.3, -0.25) is 4.79 Å². The third-order valence-electron chi connectivity index (χ3n) is 2.46. The van der Waals surface area contributed by atoms with Crippen molar-refractivity contribution in [1.29, 1.82) is 0 Å². The van der Waals surface area contributed by atoms with Gasteiger partial charge in [-0.2, -0.15) is 0 Å². The Morgan fingerprint density at radius 2 is 2.05 bits per heavy atom. The van der Waals surface area contributed by atoms with E-state index >= 15 is 0 Å². The van der Waals surface area contributed by atoms with E-state index in [1.807, 2.05) is 24.3 Å². The SMILES string of the molecule is COc1ccc(C#CCNC(=O)c2ccc(Br)o2)cc1. The standard InChI is InChI=1S/C15H12BrNO3/c1-19-12-6-4-11(5-7-12)3-2-10-17-15(18)13-8-9-14(16)20-13/h4-9H,10H2,1H3,(H,17,18). The van der Waals surface area contributed by atoms with Gasteiger partial charge in [-0.15, -0.1) is 0 Å². The molecule has 2 rings (SSSR count). The van der Waals surface area contributed by atoms with E-state index in [-0.39, 0.29) is 18.2 Å². The minimum atomic E-state index is -0.292. The predicted molar refractivity (Wildman–Crippen MR) is 78.6 cm³/mol. The molecular weight excluding hydrogens is 322 g/mol. The first-order valence-corrected chi connectivity index (χ1v) is 6.65. The molecule has 5 heteroatoms. The van der Waals surface area contributed by atoms with Gasteiger partial charge >= 0.3 is 0 Å². The van der Waals surface area contributed by atoms with Gasteiger partial charge in [0.15, 0.2) is 10.4 Å². The maximum Gasteiger partial charge on any atom is 0.287 e. The van der Waals surface area contributed by atoms with Crippen LogP contribution < -0.4 is 10.1 Å². The monoisotopic (exact) mass is 333 g/mol. The third-order valence-corrected chi connectivity index (χ3v) is 2.88. The largest absolute Gasteiger partial charge is 0.497 e. The number of amides is 1. The quantitative estimate of drug-likeness (QED) is 0.879. The molecule has 0 radical (unpaired) electrons. The zero-order valence-corrected chi connectivity index (χ0v) is 12.4. The third kappa shape index (κ3) is 3.90. The molecule has 0 fully saturated rings. The van der Waals surface area contributed by atoms with Crippen molar-refractivity contribution in [2.45, 2.75) is 0 Å². The van der Waals surface area contributed by atoms with Crippen LogP contribution in [0.1, 0.15) is 16.1 Å². The van der Waals surface area contributed by atoms with Crippen LogP contribution in [0.25, 0.3) is 0 Å². The number of nitrogens with one attached hydrogen (secondary N) is 1. The number of furan rings is 1. The van der Waals surface area contributed by atoms with Crippen molar-refractivity contribution in [1.82, 2.24) is 5.32 Å². The summed E-state index contributed by atoms with van der Waals surface area (Å²) in [6.45, 7) is 0.253. The van der Waals surface area contributed by atoms with E-state index in [0.717, 1.165) is 11.3 Å². The predicted octanol–water partition coefficient (Wildman–Crippen LogP) is 2.83. The number of methoxy groups -OCH3 is 1. The van der Waals surface area contributed by atoms with Crippen molar-refractivity contribution in [2.75, 3.05) is 13.7 Å². The molecule has 1 amide bonds. The van der Waals surface area contributed by atoms with E-state index < -0.39 is 0 Å². The molecule has 1 heterocycles. The molecule has 0 aliphatic carbocycles. The first kappa shape index (κ1) is 14.2. The molecule has 1 aromatic carbocycles. The second-order valence-corrected chi connectivity index (χ2v) is 4.60. The average molecular weight is 334 g/mol. The number of hydrogen-bond donors (Lipinski definition) is 1. The van der Waals surface area contributed by atoms with Crippen molar-refractivity contribution in [3.63, 3.8) is 0 Å². The van der Waals surface area contributed by atoms with Crippen molar-refractivity contribution >= 4 is 21.8 Å². The van der Waals surface area contributed by atoms with Crippen LogP contribution >= 0.6 is 15.9 Å². The summed E-state index contributed by atoms with van der Waals surface area (Å²) in [7, 11) is 1.61. The molecule has 102 valence electrons. The molecule has 2 aromatic rings. The van der Waals surface area contributed by atoms with Gasteiger partial charge in [-0.25, -0.2) is 0 Å². The molecule has 4 nitrogen and oxygen atoms in total. The summed E-state index contributed by atoms with van der Waals surface area (Å²) in [6, 6.07) is 10.6. The molecule has 0 atom stereocenters. The van der Waals surface area contributed by atoms with E-state index in [2.05, 4.69) is 33.1 Å². The summed E-state index contributed by atoms with van der Waals surface area (Å²) in [5, 5.41) is 2.65. The van der Waals surface area contributed by atoms with Gasteiger partial charge in [0.25, 0.3) is 5.91 Å². The summed E-state index contributed by atoms with van der Waals surface area (Å²) in [6.07, 6.45) is 0. The van der Waals surface area contributed by atoms with Crippen LogP contribution in [0.3, 0.4) is 0 Å². The van der Waals surface area contributed by atoms with Crippen molar-refractivity contribution in [3.8, 4) is 17.6 Å². The minimum Gasteiger partial charge on any atom is -0.497 e. The van der Waals surface area contributed by atoms with Crippen LogP contribution in [0.4, 0.5) is 0 Å². The summed E-state index contributed by atoms with van der Waals surface area (Å²) in [4.78, 5) is 11.6. The molecule has 0 aliphatic rings. The first-order chi connectivity index (χ1) is 9.69. The fourth-order valence-electron chi connectivity index (χ4n) is 1.47. The number of rotatable bonds is 3. The van der Waals surface area contributed by atoms with Crippen LogP contribution in [0.15, 0.2) is 45.5 Å². The zero-order valence-electron chi connectivity index (χ0n) is 10.8. The molecular formula is C15H12BrNO3. The molecule has 0 saturated heterocycles. The Bertz CT molecular complexity index is 650. The van der Waals surface area contributed by atoms with E-state index in [9.17, 15) is 4.79 Å². The second kappa shape index (κ2) is 6.83. The Hall–Kier alpha value is -2.19. The lowest BCUT2D eigenvalue weighted by Crippen LogP contribution is -2.22. The molecule has 1 aromatic heterocycles. The highest BCUT2D eigenvalue weighted by Gasteiger charge is 2.08. The fraction of sp³-hybridized carbons (Fsp3) is 0.133. The van der Waals surface area contributed by atoms with Crippen LogP contribution in [0.5, 0.6) is 5.75 Å². The van der Waals surface area contributed by atoms with E-state index in [1.54, 1.807) is 19.2 Å². The van der Waals surface area contributed by atoms with Gasteiger partial charge in [0.1, 0.15) is 5.75 Å². The lowest BCUT2D eigenvalue weighted by molar-refractivity contribution is 0.0930. The Morgan fingerprint density at radius 1 is 1.30 bits per heavy atom. The molecule has 0 aliphatic heterocycles. The molecule has 0 bridgehead atoms. The highest BCUT2D eigenvalue weighted by Crippen LogP contribution is 2.13. The summed E-state index contributed by atoms with van der Waals surface area (Å²) >= 11 is 3.14. The van der Waals surface area contributed by atoms with Gasteiger partial charge in [0, 0.05) is 5.56 Å². The Morgan fingerprint density at radius 3 is 2.65 bits per heavy atom. The summed E-state index contributed by atoms with van der Waals surface area (Å²) < 4.78 is 10.7. The topological polar surface area (TPSA) is 51.5 Å². The van der Waals surface area contributed by atoms with Gasteiger partial charge in [-0.05, 0) is 52.3 Å². The maximum absolute atomic E-state index is 11.6. The van der Waals surface area contributed by atoms with Crippen molar-refractivity contribution in [3.05, 3.63) is 52.4 Å². The average Bonchev–Trinajstić information content (AvgIpc) is 2.91. The van der Waals surface area contributed by atoms with E-state index in [4.69, 9.17) is 9.15 Å². The van der Waals surface area contributed by atoms with Gasteiger partial charge in [0.05, 0.1) is 13.7 Å². The fourth-order valence-corrected chi connectivity index (χ4v) is 1.78. The number of hydrogen-bond acceptors (Lipinski definition) is 3. The molecule has 1 N–H and O–H groups in total. The lowest BCUT2D eigenvalue weighted by Gasteiger charge is -1.98. The van der Waals surface area contributed by atoms with Gasteiger partial charge in [-0.1, -0.05) is 11.8 Å². The van der Waals surface area contributed by atoms with Crippen LogP contribution in [0, 0.1) is 11.8 Å². The number of carbonyl (C=O) groups is 1. The van der Waals surface area contributed by atoms with Crippen molar-refractivity contribution in [2.24, 2.45) is 0 Å².